The molecule has 0 heterocycles. The van der Waals surface area contributed by atoms with E-state index in [1.165, 1.54) is 11.1 Å². The van der Waals surface area contributed by atoms with Crippen LogP contribution < -0.4 is 5.32 Å². The van der Waals surface area contributed by atoms with Gasteiger partial charge in [-0.2, -0.15) is 0 Å². The van der Waals surface area contributed by atoms with Crippen molar-refractivity contribution in [3.8, 4) is 0 Å². The maximum absolute atomic E-state index is 10.9. The van der Waals surface area contributed by atoms with Crippen LogP contribution in [0.5, 0.6) is 0 Å². The van der Waals surface area contributed by atoms with E-state index in [1.54, 1.807) is 12.1 Å². The van der Waals surface area contributed by atoms with Gasteiger partial charge in [-0.05, 0) is 49.7 Å². The Bertz CT molecular complexity index is 666. The number of nitrogens with zero attached hydrogens (tertiary/aromatic N) is 1. The maximum Gasteiger partial charge on any atom is 0.335 e. The van der Waals surface area contributed by atoms with E-state index in [2.05, 4.69) is 55.4 Å². The second-order valence-corrected chi connectivity index (χ2v) is 6.38. The molecule has 128 valence electrons. The molecule has 2 aromatic carbocycles. The largest absolute Gasteiger partial charge is 0.478 e. The molecule has 4 nitrogen and oxygen atoms in total. The Morgan fingerprint density at radius 3 is 2.25 bits per heavy atom. The van der Waals surface area contributed by atoms with Gasteiger partial charge in [0.1, 0.15) is 0 Å². The molecule has 0 aliphatic carbocycles. The number of rotatable bonds is 8. The molecule has 0 aliphatic heterocycles. The standard InChI is InChI=1S/C20H26N2O2/c1-15(2)22(3)14-19-7-5-4-6-18(19)13-21-12-16-8-10-17(11-9-16)20(23)24/h4-11,15,21H,12-14H2,1-3H3,(H,23,24). The van der Waals surface area contributed by atoms with Gasteiger partial charge in [0.15, 0.2) is 0 Å². The lowest BCUT2D eigenvalue weighted by Gasteiger charge is -2.22. The van der Waals surface area contributed by atoms with Crippen LogP contribution in [0.2, 0.25) is 0 Å². The van der Waals surface area contributed by atoms with E-state index in [4.69, 9.17) is 5.11 Å². The minimum absolute atomic E-state index is 0.320. The predicted octanol–water partition coefficient (Wildman–Crippen LogP) is 3.51. The van der Waals surface area contributed by atoms with Gasteiger partial charge in [-0.25, -0.2) is 4.79 Å². The number of hydrogen-bond donors (Lipinski definition) is 2. The van der Waals surface area contributed by atoms with Crippen LogP contribution in [-0.2, 0) is 19.6 Å². The Hall–Kier alpha value is -2.17. The number of benzene rings is 2. The first-order valence-corrected chi connectivity index (χ1v) is 8.27. The molecule has 0 spiro atoms. The Morgan fingerprint density at radius 1 is 1.04 bits per heavy atom. The van der Waals surface area contributed by atoms with Crippen molar-refractivity contribution >= 4 is 5.97 Å². The molecule has 0 fully saturated rings. The van der Waals surface area contributed by atoms with E-state index in [1.807, 2.05) is 12.1 Å². The second-order valence-electron chi connectivity index (χ2n) is 6.38. The van der Waals surface area contributed by atoms with Crippen LogP contribution in [-0.4, -0.2) is 29.1 Å². The quantitative estimate of drug-likeness (QED) is 0.779. The minimum atomic E-state index is -0.891. The lowest BCUT2D eigenvalue weighted by molar-refractivity contribution is 0.0697. The Kier molecular flexibility index (Phi) is 6.53. The Morgan fingerprint density at radius 2 is 1.67 bits per heavy atom. The van der Waals surface area contributed by atoms with Crippen molar-refractivity contribution in [1.82, 2.24) is 10.2 Å². The molecule has 2 aromatic rings. The molecular weight excluding hydrogens is 300 g/mol. The summed E-state index contributed by atoms with van der Waals surface area (Å²) in [6, 6.07) is 16.0. The zero-order chi connectivity index (χ0) is 17.5. The van der Waals surface area contributed by atoms with Gasteiger partial charge in [0.25, 0.3) is 0 Å². The molecule has 0 amide bonds. The number of carboxylic acid groups (broad SMARTS) is 1. The van der Waals surface area contributed by atoms with Crippen LogP contribution in [0, 0.1) is 0 Å². The van der Waals surface area contributed by atoms with Crippen LogP contribution in [0.3, 0.4) is 0 Å². The first-order chi connectivity index (χ1) is 11.5. The third-order valence-electron chi connectivity index (χ3n) is 4.27. The average Bonchev–Trinajstić information content (AvgIpc) is 2.56. The SMILES string of the molecule is CC(C)N(C)Cc1ccccc1CNCc1ccc(C(=O)O)cc1. The number of carboxylic acids is 1. The van der Waals surface area contributed by atoms with E-state index in [0.29, 0.717) is 18.2 Å². The first-order valence-electron chi connectivity index (χ1n) is 8.27. The monoisotopic (exact) mass is 326 g/mol. The van der Waals surface area contributed by atoms with Crippen molar-refractivity contribution in [1.29, 1.82) is 0 Å². The lowest BCUT2D eigenvalue weighted by Crippen LogP contribution is -2.26. The van der Waals surface area contributed by atoms with Crippen molar-refractivity contribution in [3.05, 3.63) is 70.8 Å². The molecule has 0 bridgehead atoms. The van der Waals surface area contributed by atoms with Crippen molar-refractivity contribution in [2.45, 2.75) is 39.5 Å². The molecule has 0 aliphatic rings. The fourth-order valence-electron chi connectivity index (χ4n) is 2.44. The normalized spacial score (nSPS) is 11.2. The lowest BCUT2D eigenvalue weighted by atomic mass is 10.1. The van der Waals surface area contributed by atoms with E-state index < -0.39 is 5.97 Å². The number of aromatic carboxylic acids is 1. The molecule has 0 atom stereocenters. The van der Waals surface area contributed by atoms with E-state index in [-0.39, 0.29) is 0 Å². The van der Waals surface area contributed by atoms with Gasteiger partial charge in [-0.3, -0.25) is 4.90 Å². The van der Waals surface area contributed by atoms with Crippen LogP contribution in [0.15, 0.2) is 48.5 Å². The summed E-state index contributed by atoms with van der Waals surface area (Å²) >= 11 is 0. The maximum atomic E-state index is 10.9. The Labute approximate surface area is 144 Å². The molecule has 0 saturated carbocycles. The van der Waals surface area contributed by atoms with Gasteiger partial charge in [0, 0.05) is 25.7 Å². The van der Waals surface area contributed by atoms with Crippen molar-refractivity contribution in [2.75, 3.05) is 7.05 Å². The molecule has 2 rings (SSSR count). The van der Waals surface area contributed by atoms with Gasteiger partial charge < -0.3 is 10.4 Å². The third-order valence-corrected chi connectivity index (χ3v) is 4.27. The second kappa shape index (κ2) is 8.62. The van der Waals surface area contributed by atoms with Crippen LogP contribution in [0.1, 0.15) is 40.9 Å². The van der Waals surface area contributed by atoms with E-state index in [0.717, 1.165) is 18.7 Å². The smallest absolute Gasteiger partial charge is 0.335 e. The average molecular weight is 326 g/mol. The number of nitrogens with one attached hydrogen (secondary N) is 1. The first kappa shape index (κ1) is 18.2. The third kappa shape index (κ3) is 5.18. The summed E-state index contributed by atoms with van der Waals surface area (Å²) in [6.45, 7) is 6.84. The van der Waals surface area contributed by atoms with E-state index >= 15 is 0 Å². The predicted molar refractivity (Wildman–Crippen MR) is 97.0 cm³/mol. The highest BCUT2D eigenvalue weighted by atomic mass is 16.4. The summed E-state index contributed by atoms with van der Waals surface area (Å²) in [5.41, 5.74) is 4.03. The Balaban J connectivity index is 1.93. The molecule has 0 aromatic heterocycles. The van der Waals surface area contributed by atoms with Crippen molar-refractivity contribution in [3.63, 3.8) is 0 Å². The van der Waals surface area contributed by atoms with Crippen molar-refractivity contribution in [2.24, 2.45) is 0 Å². The summed E-state index contributed by atoms with van der Waals surface area (Å²) in [5, 5.41) is 12.4. The molecule has 0 radical (unpaired) electrons. The summed E-state index contributed by atoms with van der Waals surface area (Å²) < 4.78 is 0. The minimum Gasteiger partial charge on any atom is -0.478 e. The van der Waals surface area contributed by atoms with Crippen LogP contribution >= 0.6 is 0 Å². The zero-order valence-electron chi connectivity index (χ0n) is 14.6. The summed E-state index contributed by atoms with van der Waals surface area (Å²) in [6.07, 6.45) is 0. The number of hydrogen-bond acceptors (Lipinski definition) is 3. The molecule has 0 unspecified atom stereocenters. The van der Waals surface area contributed by atoms with Crippen LogP contribution in [0.4, 0.5) is 0 Å². The fourth-order valence-corrected chi connectivity index (χ4v) is 2.44. The summed E-state index contributed by atoms with van der Waals surface area (Å²) in [5.74, 6) is -0.891. The van der Waals surface area contributed by atoms with E-state index in [9.17, 15) is 4.79 Å². The molecule has 0 saturated heterocycles. The van der Waals surface area contributed by atoms with Crippen LogP contribution in [0.25, 0.3) is 0 Å². The fraction of sp³-hybridized carbons (Fsp3) is 0.350. The summed E-state index contributed by atoms with van der Waals surface area (Å²) in [7, 11) is 2.14. The molecule has 4 heteroatoms. The number of carbonyl (C=O) groups is 1. The molecular formula is C20H26N2O2. The van der Waals surface area contributed by atoms with Gasteiger partial charge in [0.2, 0.25) is 0 Å². The summed E-state index contributed by atoms with van der Waals surface area (Å²) in [4.78, 5) is 13.2. The highest BCUT2D eigenvalue weighted by Gasteiger charge is 2.08. The molecule has 24 heavy (non-hydrogen) atoms. The van der Waals surface area contributed by atoms with Gasteiger partial charge >= 0.3 is 5.97 Å². The van der Waals surface area contributed by atoms with Crippen molar-refractivity contribution < 1.29 is 9.90 Å². The molecule has 2 N–H and O–H groups in total. The van der Waals surface area contributed by atoms with Gasteiger partial charge in [-0.1, -0.05) is 36.4 Å². The highest BCUT2D eigenvalue weighted by molar-refractivity contribution is 5.87. The zero-order valence-corrected chi connectivity index (χ0v) is 14.6. The van der Waals surface area contributed by atoms with Gasteiger partial charge in [-0.15, -0.1) is 0 Å². The topological polar surface area (TPSA) is 52.6 Å². The van der Waals surface area contributed by atoms with Gasteiger partial charge in [0.05, 0.1) is 5.56 Å². The highest BCUT2D eigenvalue weighted by Crippen LogP contribution is 2.13.